The molecule has 4 heteroatoms. The summed E-state index contributed by atoms with van der Waals surface area (Å²) in [5, 5.41) is 0. The maximum Gasteiger partial charge on any atom is 0.410 e. The molecule has 0 aromatic heterocycles. The van der Waals surface area contributed by atoms with Gasteiger partial charge in [0.15, 0.2) is 0 Å². The summed E-state index contributed by atoms with van der Waals surface area (Å²) in [5.74, 6) is 1.37. The lowest BCUT2D eigenvalue weighted by Gasteiger charge is -2.35. The Hall–Kier alpha value is -0.770. The zero-order valence-corrected chi connectivity index (χ0v) is 13.8. The van der Waals surface area contributed by atoms with Gasteiger partial charge in [-0.05, 0) is 58.8 Å². The highest BCUT2D eigenvalue weighted by Gasteiger charge is 2.28. The first-order chi connectivity index (χ1) is 9.33. The van der Waals surface area contributed by atoms with Gasteiger partial charge in [-0.3, -0.25) is 0 Å². The maximum atomic E-state index is 12.0. The summed E-state index contributed by atoms with van der Waals surface area (Å²) in [6.07, 6.45) is 3.10. The van der Waals surface area contributed by atoms with Gasteiger partial charge >= 0.3 is 6.09 Å². The van der Waals surface area contributed by atoms with Gasteiger partial charge in [0.2, 0.25) is 0 Å². The largest absolute Gasteiger partial charge is 0.444 e. The molecule has 1 heterocycles. The minimum absolute atomic E-state index is 0.169. The van der Waals surface area contributed by atoms with E-state index in [1.807, 2.05) is 32.6 Å². The van der Waals surface area contributed by atoms with Crippen LogP contribution in [0.25, 0.3) is 0 Å². The first kappa shape index (κ1) is 17.3. The normalized spacial score (nSPS) is 18.9. The molecule has 20 heavy (non-hydrogen) atoms. The Morgan fingerprint density at radius 3 is 2.40 bits per heavy atom. The third kappa shape index (κ3) is 6.12. The second-order valence-corrected chi connectivity index (χ2v) is 6.77. The van der Waals surface area contributed by atoms with Crippen LogP contribution in [0.1, 0.15) is 53.9 Å². The fourth-order valence-electron chi connectivity index (χ4n) is 2.63. The number of carbonyl (C=O) groups is 1. The van der Waals surface area contributed by atoms with Crippen molar-refractivity contribution >= 4 is 6.09 Å². The highest BCUT2D eigenvalue weighted by Crippen LogP contribution is 2.27. The molecule has 0 radical (unpaired) electrons. The number of amides is 1. The van der Waals surface area contributed by atoms with E-state index in [9.17, 15) is 4.79 Å². The molecular formula is C16H31NO3. The van der Waals surface area contributed by atoms with Crippen LogP contribution in [0.5, 0.6) is 0 Å². The number of ether oxygens (including phenoxy) is 2. The number of nitrogens with zero attached hydrogens (tertiary/aromatic N) is 1. The van der Waals surface area contributed by atoms with Crippen molar-refractivity contribution < 1.29 is 14.3 Å². The highest BCUT2D eigenvalue weighted by molar-refractivity contribution is 5.68. The van der Waals surface area contributed by atoms with Crippen molar-refractivity contribution in [1.82, 2.24) is 4.90 Å². The van der Waals surface area contributed by atoms with Gasteiger partial charge < -0.3 is 14.4 Å². The molecule has 1 saturated heterocycles. The molecule has 1 aliphatic rings. The molecule has 0 aliphatic carbocycles. The van der Waals surface area contributed by atoms with Crippen LogP contribution in [-0.2, 0) is 9.47 Å². The number of carbonyl (C=O) groups excluding carboxylic acids is 1. The average Bonchev–Trinajstić information content (AvgIpc) is 2.37. The van der Waals surface area contributed by atoms with Crippen molar-refractivity contribution in [2.75, 3.05) is 26.3 Å². The predicted molar refractivity (Wildman–Crippen MR) is 80.8 cm³/mol. The lowest BCUT2D eigenvalue weighted by atomic mass is 9.84. The first-order valence-electron chi connectivity index (χ1n) is 7.89. The molecule has 1 rings (SSSR count). The number of hydrogen-bond acceptors (Lipinski definition) is 3. The fourth-order valence-corrected chi connectivity index (χ4v) is 2.63. The topological polar surface area (TPSA) is 38.8 Å². The first-order valence-corrected chi connectivity index (χ1v) is 7.89. The molecule has 0 spiro atoms. The number of rotatable bonds is 5. The van der Waals surface area contributed by atoms with Gasteiger partial charge in [0.25, 0.3) is 0 Å². The van der Waals surface area contributed by atoms with Crippen LogP contribution < -0.4 is 0 Å². The third-order valence-electron chi connectivity index (χ3n) is 3.92. The van der Waals surface area contributed by atoms with Crippen LogP contribution in [-0.4, -0.2) is 42.9 Å². The number of piperidine rings is 1. The SMILES string of the molecule is CCOCCC(C)C1CCN(C(=O)OC(C)(C)C)CC1. The minimum Gasteiger partial charge on any atom is -0.444 e. The molecule has 1 unspecified atom stereocenters. The average molecular weight is 285 g/mol. The minimum atomic E-state index is -0.404. The van der Waals surface area contributed by atoms with Crippen LogP contribution in [0.2, 0.25) is 0 Å². The Kier molecular flexibility index (Phi) is 6.80. The predicted octanol–water partition coefficient (Wildman–Crippen LogP) is 3.70. The molecule has 0 aromatic carbocycles. The van der Waals surface area contributed by atoms with Crippen LogP contribution in [0.4, 0.5) is 4.79 Å². The number of likely N-dealkylation sites (tertiary alicyclic amines) is 1. The molecule has 1 aliphatic heterocycles. The summed E-state index contributed by atoms with van der Waals surface area (Å²) in [4.78, 5) is 13.8. The van der Waals surface area contributed by atoms with E-state index >= 15 is 0 Å². The Morgan fingerprint density at radius 2 is 1.90 bits per heavy atom. The monoisotopic (exact) mass is 285 g/mol. The van der Waals surface area contributed by atoms with E-state index in [4.69, 9.17) is 9.47 Å². The molecule has 4 nitrogen and oxygen atoms in total. The van der Waals surface area contributed by atoms with Crippen LogP contribution in [0, 0.1) is 11.8 Å². The fraction of sp³-hybridized carbons (Fsp3) is 0.938. The van der Waals surface area contributed by atoms with E-state index in [-0.39, 0.29) is 6.09 Å². The van der Waals surface area contributed by atoms with Gasteiger partial charge in [-0.1, -0.05) is 6.92 Å². The van der Waals surface area contributed by atoms with Crippen molar-refractivity contribution in [2.45, 2.75) is 59.5 Å². The lowest BCUT2D eigenvalue weighted by molar-refractivity contribution is 0.0152. The molecule has 1 atom stereocenters. The standard InChI is InChI=1S/C16H31NO3/c1-6-19-12-9-13(2)14-7-10-17(11-8-14)15(18)20-16(3,4)5/h13-14H,6-12H2,1-5H3. The third-order valence-corrected chi connectivity index (χ3v) is 3.92. The quantitative estimate of drug-likeness (QED) is 0.723. The Balaban J connectivity index is 2.30. The molecule has 0 aromatic rings. The van der Waals surface area contributed by atoms with E-state index in [0.29, 0.717) is 11.8 Å². The summed E-state index contributed by atoms with van der Waals surface area (Å²) < 4.78 is 10.8. The smallest absolute Gasteiger partial charge is 0.410 e. The second kappa shape index (κ2) is 7.87. The summed E-state index contributed by atoms with van der Waals surface area (Å²) >= 11 is 0. The van der Waals surface area contributed by atoms with E-state index in [0.717, 1.165) is 45.6 Å². The Bertz CT molecular complexity index is 291. The van der Waals surface area contributed by atoms with Crippen molar-refractivity contribution in [1.29, 1.82) is 0 Å². The summed E-state index contributed by atoms with van der Waals surface area (Å²) in [6.45, 7) is 13.3. The lowest BCUT2D eigenvalue weighted by Crippen LogP contribution is -2.42. The molecule has 0 N–H and O–H groups in total. The summed E-state index contributed by atoms with van der Waals surface area (Å²) in [6, 6.07) is 0. The highest BCUT2D eigenvalue weighted by atomic mass is 16.6. The van der Waals surface area contributed by atoms with E-state index in [1.165, 1.54) is 0 Å². The zero-order valence-electron chi connectivity index (χ0n) is 13.8. The molecule has 118 valence electrons. The van der Waals surface area contributed by atoms with Gasteiger partial charge in [-0.25, -0.2) is 4.79 Å². The van der Waals surface area contributed by atoms with Crippen molar-refractivity contribution in [3.63, 3.8) is 0 Å². The molecular weight excluding hydrogens is 254 g/mol. The van der Waals surface area contributed by atoms with Gasteiger partial charge in [0, 0.05) is 26.3 Å². The van der Waals surface area contributed by atoms with Crippen LogP contribution >= 0.6 is 0 Å². The van der Waals surface area contributed by atoms with E-state index in [1.54, 1.807) is 0 Å². The summed E-state index contributed by atoms with van der Waals surface area (Å²) in [7, 11) is 0. The van der Waals surface area contributed by atoms with E-state index in [2.05, 4.69) is 6.92 Å². The van der Waals surface area contributed by atoms with Crippen molar-refractivity contribution in [3.05, 3.63) is 0 Å². The molecule has 0 bridgehead atoms. The summed E-state index contributed by atoms with van der Waals surface area (Å²) in [5.41, 5.74) is -0.404. The van der Waals surface area contributed by atoms with Gasteiger partial charge in [0.1, 0.15) is 5.60 Å². The van der Waals surface area contributed by atoms with Crippen LogP contribution in [0.3, 0.4) is 0 Å². The van der Waals surface area contributed by atoms with Gasteiger partial charge in [-0.2, -0.15) is 0 Å². The second-order valence-electron chi connectivity index (χ2n) is 6.77. The molecule has 0 saturated carbocycles. The van der Waals surface area contributed by atoms with Gasteiger partial charge in [-0.15, -0.1) is 0 Å². The number of hydrogen-bond donors (Lipinski definition) is 0. The Labute approximate surface area is 123 Å². The molecule has 1 amide bonds. The van der Waals surface area contributed by atoms with Crippen LogP contribution in [0.15, 0.2) is 0 Å². The molecule has 1 fully saturated rings. The zero-order chi connectivity index (χ0) is 15.2. The van der Waals surface area contributed by atoms with Gasteiger partial charge in [0.05, 0.1) is 0 Å². The van der Waals surface area contributed by atoms with Crippen molar-refractivity contribution in [3.8, 4) is 0 Å². The van der Waals surface area contributed by atoms with E-state index < -0.39 is 5.60 Å². The maximum absolute atomic E-state index is 12.0. The Morgan fingerprint density at radius 1 is 1.30 bits per heavy atom. The van der Waals surface area contributed by atoms with Crippen molar-refractivity contribution in [2.24, 2.45) is 11.8 Å².